The highest BCUT2D eigenvalue weighted by atomic mass is 79.9. The van der Waals surface area contributed by atoms with E-state index in [9.17, 15) is 13.2 Å². The molecule has 28 heavy (non-hydrogen) atoms. The van der Waals surface area contributed by atoms with Gasteiger partial charge in [-0.05, 0) is 24.1 Å². The summed E-state index contributed by atoms with van der Waals surface area (Å²) in [4.78, 5) is 13.0. The van der Waals surface area contributed by atoms with Crippen LogP contribution in [0, 0.1) is 0 Å². The lowest BCUT2D eigenvalue weighted by atomic mass is 10.0. The van der Waals surface area contributed by atoms with Crippen molar-refractivity contribution >= 4 is 65.7 Å². The van der Waals surface area contributed by atoms with Crippen LogP contribution in [0.3, 0.4) is 0 Å². The number of sulfone groups is 1. The van der Waals surface area contributed by atoms with Gasteiger partial charge in [-0.25, -0.2) is 8.42 Å². The minimum absolute atomic E-state index is 0.0443. The molecule has 0 amide bonds. The Hall–Kier alpha value is -1.34. The minimum atomic E-state index is -3.07. The maximum absolute atomic E-state index is 13.0. The molecule has 0 radical (unpaired) electrons. The fourth-order valence-corrected chi connectivity index (χ4v) is 4.64. The molecule has 0 aliphatic rings. The van der Waals surface area contributed by atoms with Crippen molar-refractivity contribution in [1.29, 1.82) is 0 Å². The van der Waals surface area contributed by atoms with E-state index in [2.05, 4.69) is 15.9 Å². The van der Waals surface area contributed by atoms with Crippen molar-refractivity contribution in [2.45, 2.75) is 19.4 Å². The molecule has 1 aromatic heterocycles. The molecular formula is C20H18BrCl2NO3S. The topological polar surface area (TPSA) is 56.1 Å². The lowest BCUT2D eigenvalue weighted by molar-refractivity contribution is 0.0994. The maximum atomic E-state index is 13.0. The zero-order valence-electron chi connectivity index (χ0n) is 15.1. The molecule has 0 aliphatic heterocycles. The van der Waals surface area contributed by atoms with Crippen LogP contribution in [0.2, 0.25) is 10.0 Å². The van der Waals surface area contributed by atoms with Gasteiger partial charge in [-0.1, -0.05) is 63.4 Å². The first-order valence-corrected chi connectivity index (χ1v) is 12.2. The first kappa shape index (κ1) is 21.4. The predicted molar refractivity (Wildman–Crippen MR) is 118 cm³/mol. The van der Waals surface area contributed by atoms with Crippen LogP contribution in [0.15, 0.2) is 47.1 Å². The van der Waals surface area contributed by atoms with Gasteiger partial charge >= 0.3 is 0 Å². The Bertz CT molecular complexity index is 1160. The van der Waals surface area contributed by atoms with Gasteiger partial charge in [0.25, 0.3) is 0 Å². The molecule has 3 rings (SSSR count). The van der Waals surface area contributed by atoms with Crippen LogP contribution in [-0.4, -0.2) is 30.8 Å². The Morgan fingerprint density at radius 1 is 1.14 bits per heavy atom. The van der Waals surface area contributed by atoms with Crippen LogP contribution in [0.5, 0.6) is 0 Å². The lowest BCUT2D eigenvalue weighted by Gasteiger charge is -2.07. The number of nitrogens with zero attached hydrogens (tertiary/aromatic N) is 1. The van der Waals surface area contributed by atoms with Crippen molar-refractivity contribution in [1.82, 2.24) is 4.57 Å². The molecule has 0 aliphatic carbocycles. The number of rotatable bonds is 7. The second kappa shape index (κ2) is 8.57. The van der Waals surface area contributed by atoms with Gasteiger partial charge in [-0.15, -0.1) is 0 Å². The van der Waals surface area contributed by atoms with E-state index in [-0.39, 0.29) is 18.0 Å². The normalized spacial score (nSPS) is 11.9. The molecule has 0 unspecified atom stereocenters. The van der Waals surface area contributed by atoms with Gasteiger partial charge in [-0.2, -0.15) is 0 Å². The summed E-state index contributed by atoms with van der Waals surface area (Å²) in [6.45, 7) is 0.423. The lowest BCUT2D eigenvalue weighted by Crippen LogP contribution is -2.07. The number of Topliss-reactive ketones (excluding diaryl/α,β-unsaturated/α-hetero) is 1. The van der Waals surface area contributed by atoms with Crippen molar-refractivity contribution in [2.24, 2.45) is 0 Å². The van der Waals surface area contributed by atoms with Crippen LogP contribution in [0.4, 0.5) is 0 Å². The number of hydrogen-bond acceptors (Lipinski definition) is 3. The van der Waals surface area contributed by atoms with Gasteiger partial charge in [0.1, 0.15) is 9.84 Å². The molecular weight excluding hydrogens is 485 g/mol. The number of fused-ring (bicyclic) bond motifs is 1. The largest absolute Gasteiger partial charge is 0.345 e. The number of aryl methyl sites for hydroxylation is 1. The van der Waals surface area contributed by atoms with Gasteiger partial charge < -0.3 is 4.57 Å². The number of carbonyl (C=O) groups is 1. The van der Waals surface area contributed by atoms with Crippen LogP contribution in [0.1, 0.15) is 22.3 Å². The Balaban J connectivity index is 1.99. The third-order valence-electron chi connectivity index (χ3n) is 4.45. The standard InChI is InChI=1S/C20H18BrCl2NO3S/c1-28(26,27)10-4-9-24-12-15(14-7-8-17(22)19(23)20(14)24)18(25)11-13-5-2-3-6-16(13)21/h2-3,5-8,12H,4,9-11H2,1H3. The van der Waals surface area contributed by atoms with Gasteiger partial charge in [0, 0.05) is 40.8 Å². The Kier molecular flexibility index (Phi) is 6.54. The highest BCUT2D eigenvalue weighted by Crippen LogP contribution is 2.34. The molecule has 0 fully saturated rings. The zero-order valence-corrected chi connectivity index (χ0v) is 19.0. The minimum Gasteiger partial charge on any atom is -0.345 e. The number of aromatic nitrogens is 1. The second-order valence-electron chi connectivity index (χ2n) is 6.67. The second-order valence-corrected chi connectivity index (χ2v) is 10.6. The third-order valence-corrected chi connectivity index (χ3v) is 7.05. The van der Waals surface area contributed by atoms with E-state index in [1.807, 2.05) is 28.8 Å². The van der Waals surface area contributed by atoms with Crippen molar-refractivity contribution in [3.8, 4) is 0 Å². The van der Waals surface area contributed by atoms with Gasteiger partial charge in [-0.3, -0.25) is 4.79 Å². The van der Waals surface area contributed by atoms with Crippen LogP contribution in [-0.2, 0) is 22.8 Å². The first-order chi connectivity index (χ1) is 13.2. The zero-order chi connectivity index (χ0) is 20.5. The molecule has 1 heterocycles. The smallest absolute Gasteiger partial charge is 0.169 e. The number of carbonyl (C=O) groups excluding carboxylic acids is 1. The highest BCUT2D eigenvalue weighted by molar-refractivity contribution is 9.10. The fraction of sp³-hybridized carbons (Fsp3) is 0.250. The first-order valence-electron chi connectivity index (χ1n) is 8.58. The highest BCUT2D eigenvalue weighted by Gasteiger charge is 2.19. The summed E-state index contributed by atoms with van der Waals surface area (Å²) in [5.41, 5.74) is 2.09. The maximum Gasteiger partial charge on any atom is 0.169 e. The quantitative estimate of drug-likeness (QED) is 0.397. The van der Waals surface area contributed by atoms with Crippen molar-refractivity contribution in [2.75, 3.05) is 12.0 Å². The molecule has 0 saturated heterocycles. The van der Waals surface area contributed by atoms with Crippen LogP contribution < -0.4 is 0 Å². The summed E-state index contributed by atoms with van der Waals surface area (Å²) >= 11 is 16.1. The Morgan fingerprint density at radius 3 is 2.54 bits per heavy atom. The predicted octanol–water partition coefficient (Wildman–Crippen LogP) is 5.57. The molecule has 3 aromatic rings. The molecule has 0 atom stereocenters. The van der Waals surface area contributed by atoms with Crippen molar-refractivity contribution in [3.63, 3.8) is 0 Å². The number of benzene rings is 2. The molecule has 8 heteroatoms. The number of hydrogen-bond donors (Lipinski definition) is 0. The number of halogens is 3. The molecule has 0 bridgehead atoms. The van der Waals surface area contributed by atoms with Crippen molar-refractivity contribution < 1.29 is 13.2 Å². The molecule has 148 valence electrons. The summed E-state index contributed by atoms with van der Waals surface area (Å²) in [6, 6.07) is 11.0. The SMILES string of the molecule is CS(=O)(=O)CCCn1cc(C(=O)Cc2ccccc2Br)c2ccc(Cl)c(Cl)c21. The molecule has 2 aromatic carbocycles. The van der Waals surface area contributed by atoms with E-state index >= 15 is 0 Å². The van der Waals surface area contributed by atoms with E-state index in [4.69, 9.17) is 23.2 Å². The monoisotopic (exact) mass is 501 g/mol. The van der Waals surface area contributed by atoms with Gasteiger partial charge in [0.15, 0.2) is 5.78 Å². The van der Waals surface area contributed by atoms with E-state index < -0.39 is 9.84 Å². The molecule has 0 spiro atoms. The summed E-state index contributed by atoms with van der Waals surface area (Å²) in [7, 11) is -3.07. The average molecular weight is 503 g/mol. The van der Waals surface area contributed by atoms with Crippen LogP contribution in [0.25, 0.3) is 10.9 Å². The summed E-state index contributed by atoms with van der Waals surface area (Å²) < 4.78 is 25.6. The van der Waals surface area contributed by atoms with E-state index in [1.165, 1.54) is 6.26 Å². The summed E-state index contributed by atoms with van der Waals surface area (Å²) in [5.74, 6) is 0.0163. The third kappa shape index (κ3) is 4.79. The molecule has 4 nitrogen and oxygen atoms in total. The molecule has 0 saturated carbocycles. The van der Waals surface area contributed by atoms with Gasteiger partial charge in [0.05, 0.1) is 21.3 Å². The van der Waals surface area contributed by atoms with Gasteiger partial charge in [0.2, 0.25) is 0 Å². The van der Waals surface area contributed by atoms with E-state index in [0.29, 0.717) is 39.5 Å². The fourth-order valence-electron chi connectivity index (χ4n) is 3.13. The Morgan fingerprint density at radius 2 is 1.86 bits per heavy atom. The number of ketones is 1. The van der Waals surface area contributed by atoms with E-state index in [1.54, 1.807) is 18.3 Å². The summed E-state index contributed by atoms with van der Waals surface area (Å²) in [5, 5.41) is 1.46. The van der Waals surface area contributed by atoms with Crippen LogP contribution >= 0.6 is 39.1 Å². The average Bonchev–Trinajstić information content (AvgIpc) is 2.98. The Labute approximate surface area is 182 Å². The summed E-state index contributed by atoms with van der Waals surface area (Å²) in [6.07, 6.45) is 3.61. The molecule has 0 N–H and O–H groups in total. The van der Waals surface area contributed by atoms with E-state index in [0.717, 1.165) is 10.0 Å². The van der Waals surface area contributed by atoms with Crippen molar-refractivity contribution in [3.05, 3.63) is 68.2 Å².